The van der Waals surface area contributed by atoms with Crippen molar-refractivity contribution in [3.8, 4) is 0 Å². The highest BCUT2D eigenvalue weighted by molar-refractivity contribution is 7.17. The molecule has 7 heteroatoms. The van der Waals surface area contributed by atoms with Crippen molar-refractivity contribution in [2.24, 2.45) is 5.92 Å². The van der Waals surface area contributed by atoms with Crippen molar-refractivity contribution in [3.63, 3.8) is 0 Å². The number of hydrogen-bond acceptors (Lipinski definition) is 6. The van der Waals surface area contributed by atoms with Crippen LogP contribution in [0.5, 0.6) is 0 Å². The Hall–Kier alpha value is -1.89. The third-order valence-corrected chi connectivity index (χ3v) is 4.47. The Kier molecular flexibility index (Phi) is 7.22. The summed E-state index contributed by atoms with van der Waals surface area (Å²) in [6.07, 6.45) is 0.751. The fourth-order valence-corrected chi connectivity index (χ4v) is 3.05. The third kappa shape index (κ3) is 5.06. The second kappa shape index (κ2) is 8.67. The van der Waals surface area contributed by atoms with E-state index in [9.17, 15) is 14.4 Å². The first-order valence-corrected chi connectivity index (χ1v) is 8.39. The lowest BCUT2D eigenvalue weighted by atomic mass is 10.1. The summed E-state index contributed by atoms with van der Waals surface area (Å²) >= 11 is 1.34. The molecule has 0 saturated carbocycles. The molecule has 0 saturated heterocycles. The number of amides is 1. The van der Waals surface area contributed by atoms with E-state index >= 15 is 0 Å². The minimum absolute atomic E-state index is 0.259. The van der Waals surface area contributed by atoms with E-state index in [4.69, 9.17) is 9.47 Å². The minimum atomic E-state index is -0.478. The van der Waals surface area contributed by atoms with E-state index in [1.54, 1.807) is 20.8 Å². The van der Waals surface area contributed by atoms with Gasteiger partial charge in [0.2, 0.25) is 0 Å². The monoisotopic (exact) mass is 341 g/mol. The zero-order valence-corrected chi connectivity index (χ0v) is 15.0. The molecule has 0 radical (unpaired) electrons. The van der Waals surface area contributed by atoms with Gasteiger partial charge in [0.15, 0.2) is 6.61 Å². The molecule has 0 unspecified atom stereocenters. The van der Waals surface area contributed by atoms with Gasteiger partial charge in [-0.05, 0) is 25.8 Å². The number of thiophene rings is 1. The Morgan fingerprint density at radius 1 is 1.17 bits per heavy atom. The van der Waals surface area contributed by atoms with Gasteiger partial charge < -0.3 is 14.8 Å². The number of esters is 2. The number of aryl methyl sites for hydroxylation is 1. The molecule has 0 fully saturated rings. The number of nitrogens with one attached hydrogen (secondary N) is 1. The van der Waals surface area contributed by atoms with Gasteiger partial charge in [-0.25, -0.2) is 4.79 Å². The zero-order chi connectivity index (χ0) is 17.6. The number of rotatable bonds is 7. The molecule has 1 aromatic rings. The number of carbonyl (C=O) groups is 3. The van der Waals surface area contributed by atoms with E-state index in [1.165, 1.54) is 11.3 Å². The summed E-state index contributed by atoms with van der Waals surface area (Å²) in [7, 11) is 0. The van der Waals surface area contributed by atoms with Gasteiger partial charge in [0.25, 0.3) is 5.91 Å². The maximum Gasteiger partial charge on any atom is 0.341 e. The highest BCUT2D eigenvalue weighted by Gasteiger charge is 2.23. The van der Waals surface area contributed by atoms with Crippen LogP contribution in [0.2, 0.25) is 0 Å². The average Bonchev–Trinajstić information content (AvgIpc) is 2.80. The minimum Gasteiger partial charge on any atom is -0.462 e. The van der Waals surface area contributed by atoms with Gasteiger partial charge in [0.05, 0.1) is 18.1 Å². The van der Waals surface area contributed by atoms with Gasteiger partial charge in [-0.3, -0.25) is 9.59 Å². The van der Waals surface area contributed by atoms with Crippen LogP contribution in [0.25, 0.3) is 0 Å². The van der Waals surface area contributed by atoms with Crippen LogP contribution >= 0.6 is 11.3 Å². The first kappa shape index (κ1) is 19.2. The molecule has 6 nitrogen and oxygen atoms in total. The lowest BCUT2D eigenvalue weighted by Gasteiger charge is -2.09. The molecule has 1 rings (SSSR count). The molecule has 1 aromatic heterocycles. The number of anilines is 1. The summed E-state index contributed by atoms with van der Waals surface area (Å²) in [5.41, 5.74) is 1.18. The van der Waals surface area contributed by atoms with Crippen LogP contribution in [-0.2, 0) is 25.5 Å². The quantitative estimate of drug-likeness (QED) is 0.771. The number of carbonyl (C=O) groups excluding carboxylic acids is 3. The van der Waals surface area contributed by atoms with Crippen LogP contribution in [0.1, 0.15) is 48.5 Å². The summed E-state index contributed by atoms with van der Waals surface area (Å²) in [4.78, 5) is 36.4. The molecule has 0 spiro atoms. The van der Waals surface area contributed by atoms with E-state index in [2.05, 4.69) is 5.32 Å². The van der Waals surface area contributed by atoms with Crippen LogP contribution in [0.3, 0.4) is 0 Å². The molecule has 0 aliphatic rings. The van der Waals surface area contributed by atoms with Gasteiger partial charge in [0, 0.05) is 4.88 Å². The Balaban J connectivity index is 2.88. The summed E-state index contributed by atoms with van der Waals surface area (Å²) in [6, 6.07) is 0. The maximum atomic E-state index is 12.1. The van der Waals surface area contributed by atoms with Crippen molar-refractivity contribution in [1.29, 1.82) is 0 Å². The second-order valence-corrected chi connectivity index (χ2v) is 6.34. The SMILES string of the molecule is CCOC(=O)c1c(NC(=O)COC(=O)C(C)C)sc(CC)c1C. The molecule has 1 heterocycles. The van der Waals surface area contributed by atoms with Crippen LogP contribution in [-0.4, -0.2) is 31.1 Å². The van der Waals surface area contributed by atoms with Crippen molar-refractivity contribution < 1.29 is 23.9 Å². The third-order valence-electron chi connectivity index (χ3n) is 3.12. The summed E-state index contributed by atoms with van der Waals surface area (Å²) in [5, 5.41) is 3.07. The summed E-state index contributed by atoms with van der Waals surface area (Å²) in [5.74, 6) is -1.68. The van der Waals surface area contributed by atoms with E-state index in [-0.39, 0.29) is 19.1 Å². The fraction of sp³-hybridized carbons (Fsp3) is 0.562. The van der Waals surface area contributed by atoms with E-state index in [1.807, 2.05) is 13.8 Å². The fourth-order valence-electron chi connectivity index (χ4n) is 1.90. The molecule has 0 aliphatic carbocycles. The summed E-state index contributed by atoms with van der Waals surface area (Å²) in [6.45, 7) is 8.79. The molecule has 0 aromatic carbocycles. The van der Waals surface area contributed by atoms with Gasteiger partial charge in [0.1, 0.15) is 5.00 Å². The van der Waals surface area contributed by atoms with Crippen molar-refractivity contribution in [2.75, 3.05) is 18.5 Å². The first-order chi connectivity index (χ1) is 10.8. The highest BCUT2D eigenvalue weighted by Crippen LogP contribution is 2.34. The normalized spacial score (nSPS) is 10.5. The molecular formula is C16H23NO5S. The lowest BCUT2D eigenvalue weighted by Crippen LogP contribution is -2.23. The zero-order valence-electron chi connectivity index (χ0n) is 14.1. The predicted molar refractivity (Wildman–Crippen MR) is 88.8 cm³/mol. The lowest BCUT2D eigenvalue weighted by molar-refractivity contribution is -0.150. The van der Waals surface area contributed by atoms with Crippen molar-refractivity contribution in [1.82, 2.24) is 0 Å². The van der Waals surface area contributed by atoms with Crippen LogP contribution in [0.15, 0.2) is 0 Å². The summed E-state index contributed by atoms with van der Waals surface area (Å²) < 4.78 is 9.94. The van der Waals surface area contributed by atoms with Crippen LogP contribution in [0.4, 0.5) is 5.00 Å². The molecule has 128 valence electrons. The Morgan fingerprint density at radius 2 is 1.83 bits per heavy atom. The molecule has 1 N–H and O–H groups in total. The molecule has 1 amide bonds. The van der Waals surface area contributed by atoms with Gasteiger partial charge in [-0.15, -0.1) is 11.3 Å². The average molecular weight is 341 g/mol. The van der Waals surface area contributed by atoms with Gasteiger partial charge in [-0.2, -0.15) is 0 Å². The molecule has 0 aliphatic heterocycles. The number of hydrogen-bond donors (Lipinski definition) is 1. The van der Waals surface area contributed by atoms with Crippen molar-refractivity contribution >= 4 is 34.2 Å². The molecule has 23 heavy (non-hydrogen) atoms. The van der Waals surface area contributed by atoms with E-state index in [0.29, 0.717) is 10.6 Å². The molecule has 0 atom stereocenters. The van der Waals surface area contributed by atoms with Crippen molar-refractivity contribution in [3.05, 3.63) is 16.0 Å². The van der Waals surface area contributed by atoms with Gasteiger partial charge >= 0.3 is 11.9 Å². The Labute approximate surface area is 140 Å². The van der Waals surface area contributed by atoms with E-state index in [0.717, 1.165) is 16.9 Å². The Bertz CT molecular complexity index is 592. The number of ether oxygens (including phenoxy) is 2. The van der Waals surface area contributed by atoms with Crippen LogP contribution < -0.4 is 5.32 Å². The van der Waals surface area contributed by atoms with E-state index < -0.39 is 17.8 Å². The first-order valence-electron chi connectivity index (χ1n) is 7.57. The molecular weight excluding hydrogens is 318 g/mol. The smallest absolute Gasteiger partial charge is 0.341 e. The van der Waals surface area contributed by atoms with Crippen LogP contribution in [0, 0.1) is 12.8 Å². The van der Waals surface area contributed by atoms with Gasteiger partial charge in [-0.1, -0.05) is 20.8 Å². The molecule has 0 bridgehead atoms. The largest absolute Gasteiger partial charge is 0.462 e. The van der Waals surface area contributed by atoms with Crippen molar-refractivity contribution in [2.45, 2.75) is 41.0 Å². The standard InChI is InChI=1S/C16H23NO5S/c1-6-11-10(5)13(16(20)21-7-2)14(23-11)17-12(18)8-22-15(19)9(3)4/h9H,6-8H2,1-5H3,(H,17,18). The highest BCUT2D eigenvalue weighted by atomic mass is 32.1. The maximum absolute atomic E-state index is 12.1. The topological polar surface area (TPSA) is 81.7 Å². The predicted octanol–water partition coefficient (Wildman–Crippen LogP) is 2.93. The second-order valence-electron chi connectivity index (χ2n) is 5.24. The Morgan fingerprint density at radius 3 is 2.35 bits per heavy atom.